The van der Waals surface area contributed by atoms with Gasteiger partial charge in [-0.25, -0.2) is 4.39 Å². The molecule has 124 valence electrons. The van der Waals surface area contributed by atoms with Crippen LogP contribution in [0, 0.1) is 5.82 Å². The minimum Gasteiger partial charge on any atom is -0.207 e. The Kier molecular flexibility index (Phi) is 5.25. The molecule has 0 saturated heterocycles. The van der Waals surface area contributed by atoms with Crippen molar-refractivity contribution < 1.29 is 4.39 Å². The molecule has 0 amide bonds. The molecule has 0 spiro atoms. The van der Waals surface area contributed by atoms with E-state index in [2.05, 4.69) is 50.4 Å². The number of fused-ring (bicyclic) bond motifs is 1. The third kappa shape index (κ3) is 3.34. The molecule has 1 aliphatic carbocycles. The quantitative estimate of drug-likeness (QED) is 0.526. The molecular formula is C22H23FS. The van der Waals surface area contributed by atoms with Gasteiger partial charge in [0.1, 0.15) is 5.82 Å². The van der Waals surface area contributed by atoms with Crippen molar-refractivity contribution in [2.75, 3.05) is 6.26 Å². The number of benzene rings is 2. The van der Waals surface area contributed by atoms with Gasteiger partial charge in [0.05, 0.1) is 0 Å². The molecule has 2 heteroatoms. The highest BCUT2D eigenvalue weighted by Crippen LogP contribution is 2.44. The topological polar surface area (TPSA) is 0 Å². The summed E-state index contributed by atoms with van der Waals surface area (Å²) in [6.45, 7) is 4.37. The summed E-state index contributed by atoms with van der Waals surface area (Å²) in [7, 11) is 0. The molecule has 0 aliphatic heterocycles. The summed E-state index contributed by atoms with van der Waals surface area (Å²) in [5.41, 5.74) is 7.25. The summed E-state index contributed by atoms with van der Waals surface area (Å²) in [6.07, 6.45) is 7.62. The molecule has 2 aromatic carbocycles. The molecule has 0 bridgehead atoms. The Labute approximate surface area is 148 Å². The van der Waals surface area contributed by atoms with Gasteiger partial charge in [0, 0.05) is 4.90 Å². The molecule has 2 aromatic rings. The summed E-state index contributed by atoms with van der Waals surface area (Å²) in [5.74, 6) is -0.152. The lowest BCUT2D eigenvalue weighted by atomic mass is 10.00. The standard InChI is InChI=1S/C22H23FS/c1-4-5-6-19-15(2)21(20-12-9-17(23)14-22(19)20)13-16-7-10-18(24-3)11-8-16/h7-14H,4-6H2,1-3H3/b21-13-. The van der Waals surface area contributed by atoms with Crippen molar-refractivity contribution in [1.82, 2.24) is 0 Å². The highest BCUT2D eigenvalue weighted by atomic mass is 32.2. The SMILES string of the molecule is CCCCC1=C(C)/C(=C/c2ccc(SC)cc2)c2ccc(F)cc21. The monoisotopic (exact) mass is 338 g/mol. The molecule has 0 aromatic heterocycles. The highest BCUT2D eigenvalue weighted by Gasteiger charge is 2.23. The van der Waals surface area contributed by atoms with Gasteiger partial charge in [-0.05, 0) is 89.8 Å². The van der Waals surface area contributed by atoms with Crippen LogP contribution in [0.5, 0.6) is 0 Å². The van der Waals surface area contributed by atoms with Crippen molar-refractivity contribution in [3.05, 3.63) is 70.5 Å². The Morgan fingerprint density at radius 1 is 1.04 bits per heavy atom. The Bertz CT molecular complexity index is 797. The lowest BCUT2D eigenvalue weighted by Gasteiger charge is -2.05. The van der Waals surface area contributed by atoms with E-state index in [1.807, 2.05) is 6.07 Å². The molecule has 0 heterocycles. The lowest BCUT2D eigenvalue weighted by Crippen LogP contribution is -1.87. The number of thioether (sulfide) groups is 1. The predicted octanol–water partition coefficient (Wildman–Crippen LogP) is 7.07. The highest BCUT2D eigenvalue weighted by molar-refractivity contribution is 7.98. The second kappa shape index (κ2) is 7.40. The first-order chi connectivity index (χ1) is 11.6. The number of allylic oxidation sites excluding steroid dienone is 3. The maximum Gasteiger partial charge on any atom is 0.123 e. The molecule has 0 radical (unpaired) electrons. The zero-order chi connectivity index (χ0) is 17.1. The summed E-state index contributed by atoms with van der Waals surface area (Å²) < 4.78 is 13.8. The normalized spacial score (nSPS) is 15.2. The number of hydrogen-bond acceptors (Lipinski definition) is 1. The van der Waals surface area contributed by atoms with Crippen LogP contribution in [0.4, 0.5) is 4.39 Å². The Morgan fingerprint density at radius 2 is 1.79 bits per heavy atom. The maximum atomic E-state index is 13.8. The fourth-order valence-electron chi connectivity index (χ4n) is 3.30. The molecule has 3 rings (SSSR count). The number of rotatable bonds is 5. The first-order valence-electron chi connectivity index (χ1n) is 8.50. The van der Waals surface area contributed by atoms with Gasteiger partial charge in [0.25, 0.3) is 0 Å². The third-order valence-corrected chi connectivity index (χ3v) is 5.40. The third-order valence-electron chi connectivity index (χ3n) is 4.66. The first kappa shape index (κ1) is 17.0. The van der Waals surface area contributed by atoms with E-state index in [9.17, 15) is 4.39 Å². The van der Waals surface area contributed by atoms with E-state index in [0.29, 0.717) is 0 Å². The van der Waals surface area contributed by atoms with Crippen LogP contribution in [0.25, 0.3) is 17.2 Å². The second-order valence-corrected chi connectivity index (χ2v) is 7.11. The summed E-state index contributed by atoms with van der Waals surface area (Å²) in [5, 5.41) is 0. The lowest BCUT2D eigenvalue weighted by molar-refractivity contribution is 0.627. The van der Waals surface area contributed by atoms with E-state index < -0.39 is 0 Å². The zero-order valence-corrected chi connectivity index (χ0v) is 15.3. The van der Waals surface area contributed by atoms with Gasteiger partial charge in [0.2, 0.25) is 0 Å². The van der Waals surface area contributed by atoms with Gasteiger partial charge >= 0.3 is 0 Å². The van der Waals surface area contributed by atoms with Crippen molar-refractivity contribution >= 4 is 29.0 Å². The fraction of sp³-hybridized carbons (Fsp3) is 0.273. The molecule has 1 aliphatic rings. The van der Waals surface area contributed by atoms with Gasteiger partial charge in [0.15, 0.2) is 0 Å². The maximum absolute atomic E-state index is 13.8. The van der Waals surface area contributed by atoms with Crippen LogP contribution in [-0.4, -0.2) is 6.26 Å². The van der Waals surface area contributed by atoms with Crippen LogP contribution in [-0.2, 0) is 0 Å². The number of hydrogen-bond donors (Lipinski definition) is 0. The van der Waals surface area contributed by atoms with E-state index >= 15 is 0 Å². The Morgan fingerprint density at radius 3 is 2.46 bits per heavy atom. The number of halogens is 1. The summed E-state index contributed by atoms with van der Waals surface area (Å²) >= 11 is 1.75. The Hall–Kier alpha value is -1.80. The van der Waals surface area contributed by atoms with E-state index in [1.54, 1.807) is 23.9 Å². The zero-order valence-electron chi connectivity index (χ0n) is 14.5. The van der Waals surface area contributed by atoms with Crippen LogP contribution >= 0.6 is 11.8 Å². The van der Waals surface area contributed by atoms with Crippen LogP contribution in [0.2, 0.25) is 0 Å². The van der Waals surface area contributed by atoms with Crippen molar-refractivity contribution in [2.45, 2.75) is 38.0 Å². The minimum atomic E-state index is -0.152. The molecule has 0 fully saturated rings. The van der Waals surface area contributed by atoms with E-state index in [0.717, 1.165) is 30.4 Å². The van der Waals surface area contributed by atoms with Crippen LogP contribution in [0.3, 0.4) is 0 Å². The van der Waals surface area contributed by atoms with Crippen LogP contribution in [0.1, 0.15) is 49.8 Å². The minimum absolute atomic E-state index is 0.152. The van der Waals surface area contributed by atoms with Crippen molar-refractivity contribution in [3.8, 4) is 0 Å². The molecular weight excluding hydrogens is 315 g/mol. The van der Waals surface area contributed by atoms with E-state index in [4.69, 9.17) is 0 Å². The molecule has 0 N–H and O–H groups in total. The summed E-state index contributed by atoms with van der Waals surface area (Å²) in [6, 6.07) is 13.8. The molecule has 24 heavy (non-hydrogen) atoms. The van der Waals surface area contributed by atoms with Gasteiger partial charge in [-0.1, -0.05) is 31.5 Å². The summed E-state index contributed by atoms with van der Waals surface area (Å²) in [4.78, 5) is 1.27. The van der Waals surface area contributed by atoms with E-state index in [-0.39, 0.29) is 5.82 Å². The van der Waals surface area contributed by atoms with Gasteiger partial charge in [-0.15, -0.1) is 11.8 Å². The van der Waals surface area contributed by atoms with E-state index in [1.165, 1.54) is 27.2 Å². The fourth-order valence-corrected chi connectivity index (χ4v) is 3.70. The molecule has 0 atom stereocenters. The predicted molar refractivity (Wildman–Crippen MR) is 105 cm³/mol. The van der Waals surface area contributed by atoms with Crippen LogP contribution < -0.4 is 0 Å². The second-order valence-electron chi connectivity index (χ2n) is 6.23. The van der Waals surface area contributed by atoms with Gasteiger partial charge in [-0.2, -0.15) is 0 Å². The van der Waals surface area contributed by atoms with Crippen LogP contribution in [0.15, 0.2) is 52.9 Å². The van der Waals surface area contributed by atoms with Gasteiger partial charge in [-0.3, -0.25) is 0 Å². The molecule has 0 unspecified atom stereocenters. The van der Waals surface area contributed by atoms with Crippen molar-refractivity contribution in [2.24, 2.45) is 0 Å². The average Bonchev–Trinajstić information content (AvgIpc) is 2.85. The average molecular weight is 338 g/mol. The number of unbranched alkanes of at least 4 members (excludes halogenated alkanes) is 1. The van der Waals surface area contributed by atoms with Crippen molar-refractivity contribution in [3.63, 3.8) is 0 Å². The van der Waals surface area contributed by atoms with Crippen molar-refractivity contribution in [1.29, 1.82) is 0 Å². The largest absolute Gasteiger partial charge is 0.207 e. The van der Waals surface area contributed by atoms with Gasteiger partial charge < -0.3 is 0 Å². The molecule has 0 saturated carbocycles. The smallest absolute Gasteiger partial charge is 0.123 e. The molecule has 0 nitrogen and oxygen atoms in total. The Balaban J connectivity index is 2.06. The first-order valence-corrected chi connectivity index (χ1v) is 9.72.